The van der Waals surface area contributed by atoms with E-state index in [4.69, 9.17) is 18.9 Å². The minimum atomic E-state index is -1.59. The van der Waals surface area contributed by atoms with E-state index >= 15 is 0 Å². The molecule has 0 aliphatic carbocycles. The lowest BCUT2D eigenvalue weighted by molar-refractivity contribution is -0.305. The molecule has 2 unspecified atom stereocenters. The van der Waals surface area contributed by atoms with E-state index in [-0.39, 0.29) is 32.0 Å². The second kappa shape index (κ2) is 49.3. The van der Waals surface area contributed by atoms with Crippen molar-refractivity contribution in [1.29, 1.82) is 0 Å². The summed E-state index contributed by atoms with van der Waals surface area (Å²) < 4.78 is 22.3. The van der Waals surface area contributed by atoms with E-state index in [2.05, 4.69) is 13.8 Å². The number of aliphatic hydroxyl groups is 4. The molecule has 1 rings (SSSR count). The number of carbonyl (C=O) groups excluding carboxylic acids is 2. The molecule has 0 saturated carbocycles. The predicted octanol–water partition coefficient (Wildman–Crippen LogP) is 14.9. The maximum absolute atomic E-state index is 12.9. The summed E-state index contributed by atoms with van der Waals surface area (Å²) >= 11 is 0. The van der Waals surface area contributed by atoms with Crippen LogP contribution in [-0.4, -0.2) is 89.0 Å². The van der Waals surface area contributed by atoms with Crippen LogP contribution in [0, 0.1) is 0 Å². The number of esters is 2. The normalized spacial score (nSPS) is 18.8. The average Bonchev–Trinajstić information content (AvgIpc) is 3.34. The molecule has 0 aromatic rings. The first kappa shape index (κ1) is 64.7. The van der Waals surface area contributed by atoms with Gasteiger partial charge in [0.25, 0.3) is 0 Å². The Morgan fingerprint density at radius 2 is 0.691 bits per heavy atom. The number of hydrogen-bond donors (Lipinski definition) is 4. The van der Waals surface area contributed by atoms with E-state index in [1.54, 1.807) is 0 Å². The monoisotopic (exact) mass is 969 g/mol. The summed E-state index contributed by atoms with van der Waals surface area (Å²) in [4.78, 5) is 25.6. The van der Waals surface area contributed by atoms with E-state index < -0.39 is 49.4 Å². The zero-order valence-corrected chi connectivity index (χ0v) is 44.6. The van der Waals surface area contributed by atoms with Gasteiger partial charge in [-0.3, -0.25) is 9.59 Å². The fourth-order valence-electron chi connectivity index (χ4n) is 9.61. The zero-order valence-electron chi connectivity index (χ0n) is 44.6. The summed E-state index contributed by atoms with van der Waals surface area (Å²) in [6, 6.07) is 0. The second-order valence-electron chi connectivity index (χ2n) is 20.8. The van der Waals surface area contributed by atoms with Crippen LogP contribution in [0.25, 0.3) is 0 Å². The smallest absolute Gasteiger partial charge is 0.306 e. The van der Waals surface area contributed by atoms with Gasteiger partial charge in [-0.15, -0.1) is 0 Å². The summed E-state index contributed by atoms with van der Waals surface area (Å²) in [6.07, 6.45) is 48.4. The van der Waals surface area contributed by atoms with Gasteiger partial charge < -0.3 is 39.4 Å². The Hall–Kier alpha value is -1.30. The SMILES string of the molecule is CCCCCCCCCCCCCCCCCCCCCCCCC(=O)O[C@H](COC(=O)CCCCCCCCCCCCCCCCCCCCCCC)CO[C@@H]1O[C@H](CO)[C@H](O)C(O)C1O. The Kier molecular flexibility index (Phi) is 46.9. The molecule has 0 aromatic heterocycles. The van der Waals surface area contributed by atoms with Gasteiger partial charge in [-0.25, -0.2) is 0 Å². The van der Waals surface area contributed by atoms with Crippen LogP contribution >= 0.6 is 0 Å². The van der Waals surface area contributed by atoms with E-state index in [0.29, 0.717) is 6.42 Å². The maximum Gasteiger partial charge on any atom is 0.306 e. The van der Waals surface area contributed by atoms with Crippen LogP contribution in [0.4, 0.5) is 0 Å². The van der Waals surface area contributed by atoms with Crippen LogP contribution in [-0.2, 0) is 28.5 Å². The van der Waals surface area contributed by atoms with Gasteiger partial charge in [0.15, 0.2) is 12.4 Å². The lowest BCUT2D eigenvalue weighted by Gasteiger charge is -2.39. The molecule has 1 aliphatic heterocycles. The van der Waals surface area contributed by atoms with Crippen LogP contribution in [0.5, 0.6) is 0 Å². The van der Waals surface area contributed by atoms with Crippen molar-refractivity contribution in [2.75, 3.05) is 19.8 Å². The zero-order chi connectivity index (χ0) is 49.4. The highest BCUT2D eigenvalue weighted by atomic mass is 16.7. The number of aliphatic hydroxyl groups excluding tert-OH is 4. The first-order chi connectivity index (χ1) is 33.3. The van der Waals surface area contributed by atoms with E-state index in [9.17, 15) is 30.0 Å². The molecule has 0 spiro atoms. The fourth-order valence-corrected chi connectivity index (χ4v) is 9.61. The Labute approximate surface area is 418 Å². The van der Waals surface area contributed by atoms with Crippen molar-refractivity contribution in [3.8, 4) is 0 Å². The van der Waals surface area contributed by atoms with Gasteiger partial charge >= 0.3 is 11.9 Å². The summed E-state index contributed by atoms with van der Waals surface area (Å²) in [5.41, 5.74) is 0. The second-order valence-corrected chi connectivity index (χ2v) is 20.8. The molecule has 0 aromatic carbocycles. The van der Waals surface area contributed by atoms with Crippen molar-refractivity contribution >= 4 is 11.9 Å². The number of hydrogen-bond acceptors (Lipinski definition) is 10. The van der Waals surface area contributed by atoms with Gasteiger partial charge in [-0.1, -0.05) is 277 Å². The van der Waals surface area contributed by atoms with E-state index in [0.717, 1.165) is 32.1 Å². The summed E-state index contributed by atoms with van der Waals surface area (Å²) in [5, 5.41) is 40.3. The van der Waals surface area contributed by atoms with Gasteiger partial charge in [-0.05, 0) is 12.8 Å². The van der Waals surface area contributed by atoms with Gasteiger partial charge in [0.1, 0.15) is 31.0 Å². The summed E-state index contributed by atoms with van der Waals surface area (Å²) in [6.45, 7) is 3.51. The van der Waals surface area contributed by atoms with Crippen LogP contribution < -0.4 is 0 Å². The number of ether oxygens (including phenoxy) is 4. The molecule has 1 saturated heterocycles. The highest BCUT2D eigenvalue weighted by Gasteiger charge is 2.44. The molecule has 1 aliphatic rings. The topological polar surface area (TPSA) is 152 Å². The predicted molar refractivity (Wildman–Crippen MR) is 280 cm³/mol. The molecule has 10 nitrogen and oxygen atoms in total. The third-order valence-electron chi connectivity index (χ3n) is 14.2. The number of unbranched alkanes of at least 4 members (excludes halogenated alkanes) is 41. The molecule has 1 heterocycles. The summed E-state index contributed by atoms with van der Waals surface area (Å²) in [5.74, 6) is -0.780. The van der Waals surface area contributed by atoms with E-state index in [1.165, 1.54) is 238 Å². The maximum atomic E-state index is 12.9. The molecule has 1 fully saturated rings. The van der Waals surface area contributed by atoms with Gasteiger partial charge in [-0.2, -0.15) is 0 Å². The minimum absolute atomic E-state index is 0.208. The lowest BCUT2D eigenvalue weighted by atomic mass is 9.99. The van der Waals surface area contributed by atoms with E-state index in [1.807, 2.05) is 0 Å². The Balaban J connectivity index is 2.17. The number of carbonyl (C=O) groups is 2. The minimum Gasteiger partial charge on any atom is -0.462 e. The van der Waals surface area contributed by atoms with Crippen molar-refractivity contribution < 1.29 is 49.0 Å². The van der Waals surface area contributed by atoms with Gasteiger partial charge in [0.05, 0.1) is 13.2 Å². The Morgan fingerprint density at radius 3 is 1.00 bits per heavy atom. The van der Waals surface area contributed by atoms with Gasteiger partial charge in [0, 0.05) is 12.8 Å². The molecule has 4 N–H and O–H groups in total. The Bertz CT molecular complexity index is 1070. The molecular weight excluding hydrogens is 857 g/mol. The van der Waals surface area contributed by atoms with Crippen LogP contribution in [0.2, 0.25) is 0 Å². The molecular formula is C58H112O10. The van der Waals surface area contributed by atoms with Gasteiger partial charge in [0.2, 0.25) is 0 Å². The standard InChI is InChI=1S/C58H112O10/c1-3-5-7-9-11-13-15-17-19-21-23-25-27-29-31-33-35-37-39-41-43-45-47-54(61)67-51(50-66-58-57(64)56(63)55(62)52(48-59)68-58)49-65-53(60)46-44-42-40-38-36-34-32-30-28-26-24-22-20-18-16-14-12-10-8-6-4-2/h51-52,55-59,62-64H,3-50H2,1-2H3/t51-,52-,55+,56?,57?,58-/m1/s1. The molecule has 0 radical (unpaired) electrons. The third kappa shape index (κ3) is 39.3. The molecule has 6 atom stereocenters. The first-order valence-corrected chi connectivity index (χ1v) is 29.6. The highest BCUT2D eigenvalue weighted by Crippen LogP contribution is 2.23. The van der Waals surface area contributed by atoms with Crippen LogP contribution in [0.1, 0.15) is 303 Å². The molecule has 404 valence electrons. The van der Waals surface area contributed by atoms with Crippen molar-refractivity contribution in [3.63, 3.8) is 0 Å². The summed E-state index contributed by atoms with van der Waals surface area (Å²) in [7, 11) is 0. The molecule has 68 heavy (non-hydrogen) atoms. The third-order valence-corrected chi connectivity index (χ3v) is 14.2. The Morgan fingerprint density at radius 1 is 0.397 bits per heavy atom. The highest BCUT2D eigenvalue weighted by molar-refractivity contribution is 5.70. The van der Waals surface area contributed by atoms with Crippen molar-refractivity contribution in [2.45, 2.75) is 340 Å². The molecule has 10 heteroatoms. The van der Waals surface area contributed by atoms with Crippen molar-refractivity contribution in [2.24, 2.45) is 0 Å². The average molecular weight is 970 g/mol. The molecule has 0 bridgehead atoms. The lowest BCUT2D eigenvalue weighted by Crippen LogP contribution is -2.59. The number of rotatable bonds is 52. The quantitative estimate of drug-likeness (QED) is 0.0342. The fraction of sp³-hybridized carbons (Fsp3) is 0.966. The first-order valence-electron chi connectivity index (χ1n) is 29.6. The van der Waals surface area contributed by atoms with Crippen molar-refractivity contribution in [3.05, 3.63) is 0 Å². The molecule has 0 amide bonds. The largest absolute Gasteiger partial charge is 0.462 e. The van der Waals surface area contributed by atoms with Crippen molar-refractivity contribution in [1.82, 2.24) is 0 Å². The van der Waals surface area contributed by atoms with Crippen LogP contribution in [0.3, 0.4) is 0 Å². The van der Waals surface area contributed by atoms with Crippen LogP contribution in [0.15, 0.2) is 0 Å².